The van der Waals surface area contributed by atoms with Gasteiger partial charge in [0.15, 0.2) is 5.12 Å². The first-order valence-electron chi connectivity index (χ1n) is 5.85. The highest BCUT2D eigenvalue weighted by atomic mass is 32.1. The summed E-state index contributed by atoms with van der Waals surface area (Å²) in [7, 11) is 0. The van der Waals surface area contributed by atoms with E-state index in [2.05, 4.69) is 24.5 Å². The van der Waals surface area contributed by atoms with Crippen molar-refractivity contribution in [2.75, 3.05) is 0 Å². The Morgan fingerprint density at radius 1 is 1.47 bits per heavy atom. The molecule has 0 amide bonds. The Kier molecular flexibility index (Phi) is 4.21. The number of carbonyl (C=O) groups is 2. The maximum atomic E-state index is 11.2. The van der Waals surface area contributed by atoms with Crippen LogP contribution in [0.1, 0.15) is 29.8 Å². The van der Waals surface area contributed by atoms with Gasteiger partial charge in [0.2, 0.25) is 0 Å². The average Bonchev–Trinajstić information content (AvgIpc) is 2.77. The minimum Gasteiger partial charge on any atom is -0.481 e. The van der Waals surface area contributed by atoms with E-state index in [4.69, 9.17) is 0 Å². The summed E-state index contributed by atoms with van der Waals surface area (Å²) in [6.07, 6.45) is 0.777. The topological polar surface area (TPSA) is 67.3 Å². The number of rotatable bonds is 5. The number of carboxylic acids is 1. The van der Waals surface area contributed by atoms with Crippen LogP contribution in [-0.4, -0.2) is 21.2 Å². The lowest BCUT2D eigenvalue weighted by Crippen LogP contribution is -2.13. The molecule has 0 aliphatic carbocycles. The average molecular weight is 295 g/mol. The number of hydrogen-bond acceptors (Lipinski definition) is 4. The van der Waals surface area contributed by atoms with E-state index in [-0.39, 0.29) is 6.42 Å². The first kappa shape index (κ1) is 14.0. The summed E-state index contributed by atoms with van der Waals surface area (Å²) in [6.45, 7) is 2.06. The third-order valence-corrected chi connectivity index (χ3v) is 4.17. The summed E-state index contributed by atoms with van der Waals surface area (Å²) < 4.78 is 0.951. The van der Waals surface area contributed by atoms with Crippen molar-refractivity contribution in [1.82, 2.24) is 4.98 Å². The van der Waals surface area contributed by atoms with Crippen molar-refractivity contribution >= 4 is 45.3 Å². The van der Waals surface area contributed by atoms with Gasteiger partial charge in [0.05, 0.1) is 10.2 Å². The number of nitrogens with zero attached hydrogens (tertiary/aromatic N) is 1. The number of benzene rings is 1. The SMILES string of the molecule is CCc1ccc2nc(C(CC(=O)S)C(=O)O)sc2c1. The smallest absolute Gasteiger partial charge is 0.313 e. The second-order valence-electron chi connectivity index (χ2n) is 4.20. The van der Waals surface area contributed by atoms with E-state index >= 15 is 0 Å². The largest absolute Gasteiger partial charge is 0.481 e. The molecule has 0 radical (unpaired) electrons. The number of aromatic nitrogens is 1. The lowest BCUT2D eigenvalue weighted by atomic mass is 10.1. The van der Waals surface area contributed by atoms with E-state index in [9.17, 15) is 14.7 Å². The minimum absolute atomic E-state index is 0.140. The molecule has 6 heteroatoms. The molecule has 0 fully saturated rings. The molecule has 19 heavy (non-hydrogen) atoms. The number of fused-ring (bicyclic) bond motifs is 1. The van der Waals surface area contributed by atoms with Crippen molar-refractivity contribution in [3.8, 4) is 0 Å². The molecule has 2 rings (SSSR count). The summed E-state index contributed by atoms with van der Waals surface area (Å²) >= 11 is 4.98. The van der Waals surface area contributed by atoms with Crippen molar-refractivity contribution in [2.45, 2.75) is 25.7 Å². The zero-order valence-electron chi connectivity index (χ0n) is 10.3. The van der Waals surface area contributed by atoms with E-state index in [1.807, 2.05) is 18.2 Å². The Labute approximate surface area is 119 Å². The molecule has 0 saturated heterocycles. The van der Waals surface area contributed by atoms with Gasteiger partial charge >= 0.3 is 5.97 Å². The van der Waals surface area contributed by atoms with Crippen LogP contribution in [0.4, 0.5) is 0 Å². The van der Waals surface area contributed by atoms with Gasteiger partial charge in [-0.05, 0) is 24.1 Å². The van der Waals surface area contributed by atoms with Crippen molar-refractivity contribution in [3.63, 3.8) is 0 Å². The van der Waals surface area contributed by atoms with E-state index in [1.165, 1.54) is 16.9 Å². The second-order valence-corrected chi connectivity index (χ2v) is 5.76. The first-order chi connectivity index (χ1) is 9.01. The summed E-state index contributed by atoms with van der Waals surface area (Å²) in [4.78, 5) is 26.6. The molecule has 1 aromatic heterocycles. The summed E-state index contributed by atoms with van der Waals surface area (Å²) in [5.74, 6) is -1.95. The standard InChI is InChI=1S/C13H13NO3S2/c1-2-7-3-4-9-10(5-7)19-12(14-9)8(13(16)17)6-11(15)18/h3-5,8H,2,6H2,1H3,(H,15,18)(H,16,17). The van der Waals surface area contributed by atoms with E-state index in [1.54, 1.807) is 0 Å². The van der Waals surface area contributed by atoms with E-state index in [0.717, 1.165) is 16.6 Å². The Bertz CT molecular complexity index is 636. The van der Waals surface area contributed by atoms with E-state index < -0.39 is 17.0 Å². The molecule has 0 aliphatic rings. The molecule has 0 spiro atoms. The van der Waals surface area contributed by atoms with Crippen LogP contribution in [0.25, 0.3) is 10.2 Å². The highest BCUT2D eigenvalue weighted by Crippen LogP contribution is 2.30. The van der Waals surface area contributed by atoms with Crippen LogP contribution >= 0.6 is 24.0 Å². The predicted molar refractivity (Wildman–Crippen MR) is 78.0 cm³/mol. The predicted octanol–water partition coefficient (Wildman–Crippen LogP) is 2.87. The quantitative estimate of drug-likeness (QED) is 0.832. The Morgan fingerprint density at radius 2 is 2.21 bits per heavy atom. The van der Waals surface area contributed by atoms with Crippen molar-refractivity contribution in [1.29, 1.82) is 0 Å². The highest BCUT2D eigenvalue weighted by molar-refractivity contribution is 7.96. The number of carbonyl (C=O) groups excluding carboxylic acids is 1. The number of carboxylic acid groups (broad SMARTS) is 1. The summed E-state index contributed by atoms with van der Waals surface area (Å²) in [5.41, 5.74) is 1.95. The van der Waals surface area contributed by atoms with E-state index in [0.29, 0.717) is 5.01 Å². The number of thiazole rings is 1. The van der Waals surface area contributed by atoms with Crippen LogP contribution in [0.3, 0.4) is 0 Å². The second kappa shape index (κ2) is 5.71. The monoisotopic (exact) mass is 295 g/mol. The first-order valence-corrected chi connectivity index (χ1v) is 7.11. The van der Waals surface area contributed by atoms with Gasteiger partial charge in [-0.3, -0.25) is 9.59 Å². The van der Waals surface area contributed by atoms with Crippen LogP contribution in [-0.2, 0) is 16.0 Å². The molecule has 1 N–H and O–H groups in total. The Balaban J connectivity index is 2.42. The molecule has 0 bridgehead atoms. The van der Waals surface area contributed by atoms with Crippen molar-refractivity contribution < 1.29 is 14.7 Å². The van der Waals surface area contributed by atoms with Gasteiger partial charge in [-0.1, -0.05) is 13.0 Å². The van der Waals surface area contributed by atoms with Gasteiger partial charge in [-0.2, -0.15) is 0 Å². The van der Waals surface area contributed by atoms with Crippen molar-refractivity contribution in [2.24, 2.45) is 0 Å². The lowest BCUT2D eigenvalue weighted by molar-refractivity contribution is -0.139. The molecule has 0 saturated carbocycles. The zero-order chi connectivity index (χ0) is 14.0. The minimum atomic E-state index is -1.04. The van der Waals surface area contributed by atoms with Gasteiger partial charge in [-0.15, -0.1) is 24.0 Å². The molecule has 2 aromatic rings. The molecular weight excluding hydrogens is 282 g/mol. The van der Waals surface area contributed by atoms with Crippen LogP contribution in [0, 0.1) is 0 Å². The Hall–Kier alpha value is -1.40. The number of aliphatic carboxylic acids is 1. The molecule has 1 heterocycles. The third-order valence-electron chi connectivity index (χ3n) is 2.85. The molecule has 100 valence electrons. The van der Waals surface area contributed by atoms with Crippen LogP contribution in [0.5, 0.6) is 0 Å². The molecule has 1 atom stereocenters. The van der Waals surface area contributed by atoms with Gasteiger partial charge < -0.3 is 5.11 Å². The maximum absolute atomic E-state index is 11.2. The molecular formula is C13H13NO3S2. The summed E-state index contributed by atoms with van der Waals surface area (Å²) in [6, 6.07) is 5.87. The normalized spacial score (nSPS) is 12.5. The van der Waals surface area contributed by atoms with Gasteiger partial charge in [0.25, 0.3) is 0 Å². The molecule has 4 nitrogen and oxygen atoms in total. The maximum Gasteiger partial charge on any atom is 0.313 e. The van der Waals surface area contributed by atoms with Gasteiger partial charge in [0.1, 0.15) is 10.9 Å². The van der Waals surface area contributed by atoms with Crippen LogP contribution in [0.15, 0.2) is 18.2 Å². The zero-order valence-corrected chi connectivity index (χ0v) is 12.0. The van der Waals surface area contributed by atoms with Crippen molar-refractivity contribution in [3.05, 3.63) is 28.8 Å². The number of aryl methyl sites for hydroxylation is 1. The highest BCUT2D eigenvalue weighted by Gasteiger charge is 2.25. The molecule has 0 aliphatic heterocycles. The summed E-state index contributed by atoms with van der Waals surface area (Å²) in [5, 5.41) is 9.19. The Morgan fingerprint density at radius 3 is 2.79 bits per heavy atom. The van der Waals surface area contributed by atoms with Gasteiger partial charge in [-0.25, -0.2) is 4.98 Å². The number of thiol groups is 1. The van der Waals surface area contributed by atoms with Crippen LogP contribution < -0.4 is 0 Å². The lowest BCUT2D eigenvalue weighted by Gasteiger charge is -2.05. The fourth-order valence-corrected chi connectivity index (χ4v) is 3.12. The third kappa shape index (κ3) is 3.13. The molecule has 1 aromatic carbocycles. The fraction of sp³-hybridized carbons (Fsp3) is 0.308. The van der Waals surface area contributed by atoms with Crippen LogP contribution in [0.2, 0.25) is 0 Å². The number of hydrogen-bond donors (Lipinski definition) is 2. The van der Waals surface area contributed by atoms with Gasteiger partial charge in [0, 0.05) is 6.42 Å². The molecule has 1 unspecified atom stereocenters. The fourth-order valence-electron chi connectivity index (χ4n) is 1.81.